The fourth-order valence-electron chi connectivity index (χ4n) is 2.87. The Labute approximate surface area is 166 Å². The molecule has 3 nitrogen and oxygen atoms in total. The molecule has 0 radical (unpaired) electrons. The number of halogens is 6. The largest absolute Gasteiger partial charge is 0.481 e. The molecule has 2 aromatic carbocycles. The number of benzene rings is 2. The van der Waals surface area contributed by atoms with Crippen LogP contribution in [-0.4, -0.2) is 16.1 Å². The minimum atomic E-state index is -4.51. The molecule has 9 heteroatoms. The predicted molar refractivity (Wildman–Crippen MR) is 96.5 cm³/mol. The molecule has 0 aliphatic rings. The maximum absolute atomic E-state index is 12.8. The average Bonchev–Trinajstić information content (AvgIpc) is 2.66. The van der Waals surface area contributed by atoms with E-state index < -0.39 is 35.9 Å². The van der Waals surface area contributed by atoms with Gasteiger partial charge in [-0.2, -0.15) is 26.3 Å². The highest BCUT2D eigenvalue weighted by Crippen LogP contribution is 2.33. The third kappa shape index (κ3) is 4.79. The zero-order valence-corrected chi connectivity index (χ0v) is 15.1. The Hall–Kier alpha value is -3.36. The minimum absolute atomic E-state index is 0.0830. The summed E-state index contributed by atoms with van der Waals surface area (Å²) in [5.41, 5.74) is -0.352. The van der Waals surface area contributed by atoms with Crippen LogP contribution in [0.4, 0.5) is 26.3 Å². The summed E-state index contributed by atoms with van der Waals surface area (Å²) in [6, 6.07) is 11.3. The lowest BCUT2D eigenvalue weighted by molar-refractivity contribution is -0.138. The van der Waals surface area contributed by atoms with E-state index in [1.165, 1.54) is 36.4 Å². The molecule has 0 aliphatic carbocycles. The zero-order valence-electron chi connectivity index (χ0n) is 15.1. The highest BCUT2D eigenvalue weighted by atomic mass is 19.4. The van der Waals surface area contributed by atoms with Gasteiger partial charge < -0.3 is 5.11 Å². The molecular weight excluding hydrogens is 412 g/mol. The van der Waals surface area contributed by atoms with Crippen LogP contribution in [0.1, 0.15) is 16.8 Å². The second-order valence-electron chi connectivity index (χ2n) is 6.41. The van der Waals surface area contributed by atoms with Crippen LogP contribution in [0.15, 0.2) is 60.7 Å². The van der Waals surface area contributed by atoms with Crippen LogP contribution in [0.25, 0.3) is 22.4 Å². The molecular formula is C21H13F6NO2. The molecule has 0 amide bonds. The van der Waals surface area contributed by atoms with Crippen LogP contribution >= 0.6 is 0 Å². The predicted octanol–water partition coefficient (Wildman–Crippen LogP) is 6.08. The van der Waals surface area contributed by atoms with E-state index in [0.717, 1.165) is 24.3 Å². The van der Waals surface area contributed by atoms with Crippen LogP contribution in [0.3, 0.4) is 0 Å². The standard InChI is InChI=1S/C21H13F6NO2/c22-20(23,24)14-5-1-12(2-6-14)16-9-10-17(28-18(16)11-19(29)30)13-3-7-15(8-4-13)21(25,26)27/h1-10H,11H2,(H,29,30). The van der Waals surface area contributed by atoms with Gasteiger partial charge in [-0.25, -0.2) is 0 Å². The van der Waals surface area contributed by atoms with Crippen molar-refractivity contribution in [1.82, 2.24) is 4.98 Å². The number of carboxylic acids is 1. The van der Waals surface area contributed by atoms with Crippen molar-refractivity contribution in [3.63, 3.8) is 0 Å². The molecule has 0 unspecified atom stereocenters. The number of hydrogen-bond donors (Lipinski definition) is 1. The highest BCUT2D eigenvalue weighted by molar-refractivity contribution is 5.77. The molecule has 156 valence electrons. The first-order valence-electron chi connectivity index (χ1n) is 8.52. The van der Waals surface area contributed by atoms with Gasteiger partial charge in [0.2, 0.25) is 0 Å². The number of carboxylic acid groups (broad SMARTS) is 1. The number of aromatic nitrogens is 1. The van der Waals surface area contributed by atoms with Crippen molar-refractivity contribution in [2.45, 2.75) is 18.8 Å². The van der Waals surface area contributed by atoms with E-state index in [4.69, 9.17) is 5.11 Å². The molecule has 30 heavy (non-hydrogen) atoms. The summed E-state index contributed by atoms with van der Waals surface area (Å²) in [6.45, 7) is 0. The average molecular weight is 425 g/mol. The van der Waals surface area contributed by atoms with E-state index in [9.17, 15) is 31.1 Å². The zero-order chi connectivity index (χ0) is 22.1. The van der Waals surface area contributed by atoms with Crippen LogP contribution in [0.2, 0.25) is 0 Å². The van der Waals surface area contributed by atoms with E-state index in [1.54, 1.807) is 0 Å². The molecule has 3 aromatic rings. The van der Waals surface area contributed by atoms with Crippen LogP contribution in [0, 0.1) is 0 Å². The fraction of sp³-hybridized carbons (Fsp3) is 0.143. The van der Waals surface area contributed by atoms with E-state index in [2.05, 4.69) is 4.98 Å². The number of pyridine rings is 1. The topological polar surface area (TPSA) is 50.2 Å². The third-order valence-electron chi connectivity index (χ3n) is 4.32. The Morgan fingerprint density at radius 3 is 1.63 bits per heavy atom. The molecule has 1 N–H and O–H groups in total. The number of aliphatic carboxylic acids is 1. The van der Waals surface area contributed by atoms with Crippen molar-refractivity contribution in [2.75, 3.05) is 0 Å². The molecule has 0 aliphatic heterocycles. The lowest BCUT2D eigenvalue weighted by atomic mass is 9.99. The second kappa shape index (κ2) is 7.81. The number of alkyl halides is 6. The second-order valence-corrected chi connectivity index (χ2v) is 6.41. The molecule has 1 aromatic heterocycles. The van der Waals surface area contributed by atoms with Gasteiger partial charge in [0, 0.05) is 11.1 Å². The number of hydrogen-bond acceptors (Lipinski definition) is 2. The number of nitrogens with zero attached hydrogens (tertiary/aromatic N) is 1. The van der Waals surface area contributed by atoms with E-state index in [-0.39, 0.29) is 11.4 Å². The lowest BCUT2D eigenvalue weighted by Gasteiger charge is -2.12. The molecule has 0 saturated heterocycles. The summed E-state index contributed by atoms with van der Waals surface area (Å²) in [7, 11) is 0. The minimum Gasteiger partial charge on any atom is -0.481 e. The summed E-state index contributed by atoms with van der Waals surface area (Å²) in [4.78, 5) is 15.5. The van der Waals surface area contributed by atoms with Crippen molar-refractivity contribution in [3.05, 3.63) is 77.5 Å². The number of rotatable bonds is 4. The quantitative estimate of drug-likeness (QED) is 0.516. The molecule has 0 spiro atoms. The van der Waals surface area contributed by atoms with Gasteiger partial charge in [0.05, 0.1) is 28.9 Å². The molecule has 0 atom stereocenters. The van der Waals surface area contributed by atoms with Crippen LogP contribution in [0.5, 0.6) is 0 Å². The Balaban J connectivity index is 2.01. The van der Waals surface area contributed by atoms with Gasteiger partial charge in [0.15, 0.2) is 0 Å². The first kappa shape index (κ1) is 21.4. The Morgan fingerprint density at radius 2 is 1.20 bits per heavy atom. The highest BCUT2D eigenvalue weighted by Gasteiger charge is 2.31. The van der Waals surface area contributed by atoms with Crippen LogP contribution in [-0.2, 0) is 23.6 Å². The molecule has 0 saturated carbocycles. The number of carbonyl (C=O) groups is 1. The van der Waals surface area contributed by atoms with Gasteiger partial charge in [-0.15, -0.1) is 0 Å². The summed E-state index contributed by atoms with van der Waals surface area (Å²) < 4.78 is 76.4. The van der Waals surface area contributed by atoms with E-state index in [0.29, 0.717) is 16.7 Å². The van der Waals surface area contributed by atoms with Gasteiger partial charge in [-0.05, 0) is 35.9 Å². The van der Waals surface area contributed by atoms with Crippen molar-refractivity contribution >= 4 is 5.97 Å². The summed E-state index contributed by atoms with van der Waals surface area (Å²) in [5, 5.41) is 9.16. The van der Waals surface area contributed by atoms with Crippen molar-refractivity contribution < 1.29 is 36.2 Å². The first-order valence-corrected chi connectivity index (χ1v) is 8.52. The summed E-state index contributed by atoms with van der Waals surface area (Å²) in [6.07, 6.45) is -9.51. The fourth-order valence-corrected chi connectivity index (χ4v) is 2.87. The normalized spacial score (nSPS) is 12.1. The smallest absolute Gasteiger partial charge is 0.416 e. The SMILES string of the molecule is O=C(O)Cc1nc(-c2ccc(C(F)(F)F)cc2)ccc1-c1ccc(C(F)(F)F)cc1. The third-order valence-corrected chi connectivity index (χ3v) is 4.32. The van der Waals surface area contributed by atoms with Crippen LogP contribution < -0.4 is 0 Å². The van der Waals surface area contributed by atoms with E-state index in [1.807, 2.05) is 0 Å². The van der Waals surface area contributed by atoms with E-state index >= 15 is 0 Å². The molecule has 0 bridgehead atoms. The van der Waals surface area contributed by atoms with Crippen molar-refractivity contribution in [2.24, 2.45) is 0 Å². The maximum Gasteiger partial charge on any atom is 0.416 e. The molecule has 0 fully saturated rings. The Morgan fingerprint density at radius 1 is 0.733 bits per heavy atom. The Kier molecular flexibility index (Phi) is 5.56. The van der Waals surface area contributed by atoms with Crippen molar-refractivity contribution in [3.8, 4) is 22.4 Å². The lowest BCUT2D eigenvalue weighted by Crippen LogP contribution is -2.07. The van der Waals surface area contributed by atoms with Gasteiger partial charge >= 0.3 is 18.3 Å². The van der Waals surface area contributed by atoms with Gasteiger partial charge in [-0.3, -0.25) is 9.78 Å². The first-order chi connectivity index (χ1) is 13.9. The Bertz CT molecular complexity index is 1050. The summed E-state index contributed by atoms with van der Waals surface area (Å²) >= 11 is 0. The molecule has 3 rings (SSSR count). The van der Waals surface area contributed by atoms with Gasteiger partial charge in [0.1, 0.15) is 0 Å². The van der Waals surface area contributed by atoms with Crippen molar-refractivity contribution in [1.29, 1.82) is 0 Å². The molecule has 1 heterocycles. The monoisotopic (exact) mass is 425 g/mol. The van der Waals surface area contributed by atoms with Gasteiger partial charge in [-0.1, -0.05) is 30.3 Å². The maximum atomic E-state index is 12.8. The van der Waals surface area contributed by atoms with Gasteiger partial charge in [0.25, 0.3) is 0 Å². The summed E-state index contributed by atoms with van der Waals surface area (Å²) in [5.74, 6) is -1.21.